The maximum Gasteiger partial charge on any atom is 0.331 e. The van der Waals surface area contributed by atoms with Gasteiger partial charge in [0.15, 0.2) is 6.04 Å². The third-order valence-electron chi connectivity index (χ3n) is 4.99. The second-order valence-electron chi connectivity index (χ2n) is 6.37. The van der Waals surface area contributed by atoms with Crippen molar-refractivity contribution < 1.29 is 14.7 Å². The maximum atomic E-state index is 13.1. The zero-order chi connectivity index (χ0) is 16.7. The number of nitrogens with zero attached hydrogens (tertiary/aromatic N) is 3. The first-order valence-electron chi connectivity index (χ1n) is 8.33. The Kier molecular flexibility index (Phi) is 3.59. The highest BCUT2D eigenvalue weighted by molar-refractivity contribution is 5.98. The summed E-state index contributed by atoms with van der Waals surface area (Å²) in [5, 5.41) is 14.0. The van der Waals surface area contributed by atoms with Gasteiger partial charge in [0.05, 0.1) is 17.5 Å². The largest absolute Gasteiger partial charge is 0.479 e. The molecule has 1 N–H and O–H groups in total. The molecule has 0 bridgehead atoms. The van der Waals surface area contributed by atoms with E-state index in [1.165, 1.54) is 4.90 Å². The number of aryl methyl sites for hydroxylation is 1. The van der Waals surface area contributed by atoms with Crippen LogP contribution in [0.15, 0.2) is 30.5 Å². The van der Waals surface area contributed by atoms with Crippen LogP contribution in [0.1, 0.15) is 46.1 Å². The summed E-state index contributed by atoms with van der Waals surface area (Å²) in [4.78, 5) is 26.4. The van der Waals surface area contributed by atoms with E-state index in [2.05, 4.69) is 5.10 Å². The van der Waals surface area contributed by atoms with Crippen LogP contribution in [0.3, 0.4) is 0 Å². The molecular weight excluding hydrogens is 306 g/mol. The first kappa shape index (κ1) is 14.9. The van der Waals surface area contributed by atoms with Crippen LogP contribution in [0.4, 0.5) is 0 Å². The average Bonchev–Trinajstić information content (AvgIpc) is 3.04. The number of hydrogen-bond acceptors (Lipinski definition) is 3. The van der Waals surface area contributed by atoms with E-state index in [0.29, 0.717) is 24.1 Å². The fourth-order valence-corrected chi connectivity index (χ4v) is 3.81. The number of carboxylic acids is 1. The van der Waals surface area contributed by atoms with Crippen molar-refractivity contribution >= 4 is 11.9 Å². The van der Waals surface area contributed by atoms with Crippen molar-refractivity contribution in [1.82, 2.24) is 14.7 Å². The molecule has 0 saturated heterocycles. The second-order valence-corrected chi connectivity index (χ2v) is 6.37. The highest BCUT2D eigenvalue weighted by atomic mass is 16.4. The van der Waals surface area contributed by atoms with Crippen molar-refractivity contribution in [2.24, 2.45) is 0 Å². The van der Waals surface area contributed by atoms with E-state index in [-0.39, 0.29) is 5.91 Å². The first-order valence-corrected chi connectivity index (χ1v) is 8.33. The van der Waals surface area contributed by atoms with Gasteiger partial charge in [0, 0.05) is 13.1 Å². The zero-order valence-corrected chi connectivity index (χ0v) is 13.3. The van der Waals surface area contributed by atoms with Crippen LogP contribution in [0.25, 0.3) is 0 Å². The molecule has 6 heteroatoms. The van der Waals surface area contributed by atoms with Gasteiger partial charge >= 0.3 is 5.97 Å². The van der Waals surface area contributed by atoms with Crippen LogP contribution < -0.4 is 0 Å². The van der Waals surface area contributed by atoms with E-state index >= 15 is 0 Å². The van der Waals surface area contributed by atoms with Crippen LogP contribution in [0, 0.1) is 0 Å². The van der Waals surface area contributed by atoms with Crippen molar-refractivity contribution in [2.75, 3.05) is 6.54 Å². The summed E-state index contributed by atoms with van der Waals surface area (Å²) in [5.41, 5.74) is 3.21. The Morgan fingerprint density at radius 1 is 1.12 bits per heavy atom. The van der Waals surface area contributed by atoms with E-state index in [9.17, 15) is 14.7 Å². The van der Waals surface area contributed by atoms with Gasteiger partial charge in [-0.15, -0.1) is 0 Å². The fraction of sp³-hybridized carbons (Fsp3) is 0.389. The van der Waals surface area contributed by atoms with Gasteiger partial charge in [-0.05, 0) is 36.8 Å². The fourth-order valence-electron chi connectivity index (χ4n) is 3.81. The monoisotopic (exact) mass is 325 g/mol. The SMILES string of the molecule is O=C(O)C1c2ccccc2CCN1C(=O)c1cnn2c1CCCC2. The van der Waals surface area contributed by atoms with E-state index in [1.54, 1.807) is 12.3 Å². The van der Waals surface area contributed by atoms with Crippen LogP contribution in [0.5, 0.6) is 0 Å². The molecule has 1 unspecified atom stereocenters. The second kappa shape index (κ2) is 5.78. The summed E-state index contributed by atoms with van der Waals surface area (Å²) in [6.07, 6.45) is 5.20. The number of carboxylic acid groups (broad SMARTS) is 1. The lowest BCUT2D eigenvalue weighted by Gasteiger charge is -2.34. The van der Waals surface area contributed by atoms with Gasteiger partial charge < -0.3 is 10.0 Å². The number of fused-ring (bicyclic) bond motifs is 2. The minimum atomic E-state index is -0.989. The number of hydrogen-bond donors (Lipinski definition) is 1. The van der Waals surface area contributed by atoms with Gasteiger partial charge in [-0.25, -0.2) is 4.79 Å². The number of carbonyl (C=O) groups is 2. The average molecular weight is 325 g/mol. The summed E-state index contributed by atoms with van der Waals surface area (Å²) in [6, 6.07) is 6.55. The van der Waals surface area contributed by atoms with Crippen molar-refractivity contribution in [3.8, 4) is 0 Å². The summed E-state index contributed by atoms with van der Waals surface area (Å²) in [5.74, 6) is -1.21. The standard InChI is InChI=1S/C18H19N3O3/c22-17(14-11-19-21-9-4-3-7-15(14)21)20-10-8-12-5-1-2-6-13(12)16(20)18(23)24/h1-2,5-6,11,16H,3-4,7-10H2,(H,23,24). The highest BCUT2D eigenvalue weighted by Crippen LogP contribution is 2.32. The number of rotatable bonds is 2. The Labute approximate surface area is 139 Å². The molecule has 0 spiro atoms. The Morgan fingerprint density at radius 3 is 2.79 bits per heavy atom. The summed E-state index contributed by atoms with van der Waals surface area (Å²) in [6.45, 7) is 1.24. The molecule has 124 valence electrons. The zero-order valence-electron chi connectivity index (χ0n) is 13.3. The summed E-state index contributed by atoms with van der Waals surface area (Å²) < 4.78 is 1.88. The van der Waals surface area contributed by atoms with Crippen molar-refractivity contribution in [3.63, 3.8) is 0 Å². The normalized spacial score (nSPS) is 19.5. The smallest absolute Gasteiger partial charge is 0.331 e. The van der Waals surface area contributed by atoms with Crippen LogP contribution in [-0.2, 0) is 24.2 Å². The maximum absolute atomic E-state index is 13.1. The minimum absolute atomic E-state index is 0.222. The van der Waals surface area contributed by atoms with Gasteiger partial charge in [-0.3, -0.25) is 9.48 Å². The van der Waals surface area contributed by atoms with Crippen LogP contribution in [0.2, 0.25) is 0 Å². The summed E-state index contributed by atoms with van der Waals surface area (Å²) in [7, 11) is 0. The number of aromatic nitrogens is 2. The molecule has 0 radical (unpaired) electrons. The molecule has 0 aliphatic carbocycles. The van der Waals surface area contributed by atoms with Gasteiger partial charge in [0.1, 0.15) is 0 Å². The molecule has 3 heterocycles. The Balaban J connectivity index is 1.72. The lowest BCUT2D eigenvalue weighted by molar-refractivity contribution is -0.143. The van der Waals surface area contributed by atoms with Gasteiger partial charge in [0.25, 0.3) is 5.91 Å². The van der Waals surface area contributed by atoms with E-state index in [1.807, 2.05) is 22.9 Å². The van der Waals surface area contributed by atoms with E-state index in [4.69, 9.17) is 0 Å². The third kappa shape index (κ3) is 2.29. The molecule has 1 amide bonds. The molecule has 6 nitrogen and oxygen atoms in total. The Hall–Kier alpha value is -2.63. The molecule has 1 atom stereocenters. The van der Waals surface area contributed by atoms with E-state index in [0.717, 1.165) is 37.1 Å². The molecule has 2 aromatic rings. The lowest BCUT2D eigenvalue weighted by atomic mass is 9.92. The number of benzene rings is 1. The molecule has 2 aliphatic rings. The molecule has 1 aromatic heterocycles. The molecule has 0 saturated carbocycles. The third-order valence-corrected chi connectivity index (χ3v) is 4.99. The number of aliphatic carboxylic acids is 1. The number of carbonyl (C=O) groups excluding carboxylic acids is 1. The first-order chi connectivity index (χ1) is 11.7. The van der Waals surface area contributed by atoms with Crippen molar-refractivity contribution in [2.45, 2.75) is 38.3 Å². The highest BCUT2D eigenvalue weighted by Gasteiger charge is 2.37. The van der Waals surface area contributed by atoms with Crippen LogP contribution >= 0.6 is 0 Å². The Morgan fingerprint density at radius 2 is 1.96 bits per heavy atom. The van der Waals surface area contributed by atoms with Crippen LogP contribution in [-0.4, -0.2) is 38.2 Å². The van der Waals surface area contributed by atoms with Gasteiger partial charge in [-0.2, -0.15) is 5.10 Å². The van der Waals surface area contributed by atoms with Crippen molar-refractivity contribution in [3.05, 3.63) is 52.8 Å². The minimum Gasteiger partial charge on any atom is -0.479 e. The molecule has 2 aliphatic heterocycles. The Bertz CT molecular complexity index is 812. The van der Waals surface area contributed by atoms with Gasteiger partial charge in [-0.1, -0.05) is 24.3 Å². The number of amides is 1. The molecular formula is C18H19N3O3. The van der Waals surface area contributed by atoms with E-state index < -0.39 is 12.0 Å². The summed E-state index contributed by atoms with van der Waals surface area (Å²) >= 11 is 0. The lowest BCUT2D eigenvalue weighted by Crippen LogP contribution is -2.43. The molecule has 0 fully saturated rings. The predicted octanol–water partition coefficient (Wildman–Crippen LogP) is 2.04. The predicted molar refractivity (Wildman–Crippen MR) is 86.7 cm³/mol. The topological polar surface area (TPSA) is 75.4 Å². The molecule has 4 rings (SSSR count). The van der Waals surface area contributed by atoms with Crippen molar-refractivity contribution in [1.29, 1.82) is 0 Å². The van der Waals surface area contributed by atoms with Gasteiger partial charge in [0.2, 0.25) is 0 Å². The quantitative estimate of drug-likeness (QED) is 0.917. The molecule has 1 aromatic carbocycles. The molecule has 24 heavy (non-hydrogen) atoms.